The van der Waals surface area contributed by atoms with Crippen LogP contribution in [0.1, 0.15) is 12.5 Å². The van der Waals surface area contributed by atoms with Crippen molar-refractivity contribution in [1.29, 1.82) is 0 Å². The van der Waals surface area contributed by atoms with E-state index in [1.54, 1.807) is 24.3 Å². The third-order valence-corrected chi connectivity index (χ3v) is 2.63. The van der Waals surface area contributed by atoms with Crippen LogP contribution in [-0.4, -0.2) is 42.5 Å². The summed E-state index contributed by atoms with van der Waals surface area (Å²) in [6.45, 7) is 2.17. The Balaban J connectivity index is 2.19. The molecule has 0 saturated heterocycles. The number of rotatable bonds is 6. The lowest BCUT2D eigenvalue weighted by molar-refractivity contribution is -0.139. The number of benzene rings is 1. The maximum Gasteiger partial charge on any atom is 0.309 e. The van der Waals surface area contributed by atoms with E-state index in [1.165, 1.54) is 6.92 Å². The van der Waals surface area contributed by atoms with Crippen LogP contribution in [0.4, 0.5) is 0 Å². The van der Waals surface area contributed by atoms with E-state index in [0.29, 0.717) is 13.0 Å². The van der Waals surface area contributed by atoms with Crippen molar-refractivity contribution in [3.05, 3.63) is 29.8 Å². The van der Waals surface area contributed by atoms with Crippen LogP contribution in [0.5, 0.6) is 5.75 Å². The minimum Gasteiger partial charge on any atom is -0.508 e. The van der Waals surface area contributed by atoms with Crippen LogP contribution >= 0.6 is 0 Å². The predicted molar refractivity (Wildman–Crippen MR) is 76.5 cm³/mol. The molecule has 21 heavy (non-hydrogen) atoms. The summed E-state index contributed by atoms with van der Waals surface area (Å²) in [7, 11) is 0. The Hall–Kier alpha value is -2.57. The molecule has 0 aliphatic carbocycles. The van der Waals surface area contributed by atoms with E-state index in [4.69, 9.17) is 5.11 Å². The van der Waals surface area contributed by atoms with Gasteiger partial charge in [-0.15, -0.1) is 0 Å². The Labute approximate surface area is 122 Å². The highest BCUT2D eigenvalue weighted by atomic mass is 16.3. The number of phenolic OH excluding ortho intramolecular Hbond substituents is 1. The van der Waals surface area contributed by atoms with Gasteiger partial charge < -0.3 is 21.1 Å². The average Bonchev–Trinajstić information content (AvgIpc) is 2.45. The molecule has 0 radical (unpaired) electrons. The number of phenols is 1. The first kappa shape index (κ1) is 16.5. The summed E-state index contributed by atoms with van der Waals surface area (Å²) < 4.78 is 0. The molecule has 0 saturated carbocycles. The van der Waals surface area contributed by atoms with Gasteiger partial charge in [0.2, 0.25) is 5.91 Å². The summed E-state index contributed by atoms with van der Waals surface area (Å²) in [4.78, 5) is 33.5. The van der Waals surface area contributed by atoms with Gasteiger partial charge >= 0.3 is 11.8 Å². The molecule has 114 valence electrons. The number of carbonyl (C=O) groups excluding carboxylic acids is 3. The molecule has 7 heteroatoms. The molecule has 7 nitrogen and oxygen atoms in total. The molecule has 3 amide bonds. The number of hydrogen-bond acceptors (Lipinski definition) is 4. The van der Waals surface area contributed by atoms with E-state index in [1.807, 2.05) is 0 Å². The monoisotopic (exact) mass is 293 g/mol. The molecule has 1 rings (SSSR count). The minimum absolute atomic E-state index is 0.182. The second-order valence-electron chi connectivity index (χ2n) is 4.41. The van der Waals surface area contributed by atoms with Crippen molar-refractivity contribution in [3.8, 4) is 5.75 Å². The van der Waals surface area contributed by atoms with E-state index in [-0.39, 0.29) is 24.7 Å². The highest BCUT2D eigenvalue weighted by Gasteiger charge is 2.11. The van der Waals surface area contributed by atoms with Crippen LogP contribution in [0.15, 0.2) is 24.3 Å². The molecule has 0 atom stereocenters. The lowest BCUT2D eigenvalue weighted by Crippen LogP contribution is -2.43. The highest BCUT2D eigenvalue weighted by molar-refractivity contribution is 6.35. The second kappa shape index (κ2) is 8.57. The highest BCUT2D eigenvalue weighted by Crippen LogP contribution is 2.09. The van der Waals surface area contributed by atoms with E-state index in [9.17, 15) is 14.4 Å². The summed E-state index contributed by atoms with van der Waals surface area (Å²) >= 11 is 0. The Morgan fingerprint density at radius 1 is 0.905 bits per heavy atom. The van der Waals surface area contributed by atoms with Gasteiger partial charge in [-0.05, 0) is 24.1 Å². The van der Waals surface area contributed by atoms with Gasteiger partial charge in [0.05, 0.1) is 0 Å². The largest absolute Gasteiger partial charge is 0.508 e. The first-order chi connectivity index (χ1) is 9.99. The molecule has 1 aromatic rings. The van der Waals surface area contributed by atoms with Crippen molar-refractivity contribution in [2.75, 3.05) is 19.6 Å². The van der Waals surface area contributed by atoms with Crippen molar-refractivity contribution in [2.24, 2.45) is 0 Å². The number of carbonyl (C=O) groups is 3. The number of nitrogens with one attached hydrogen (secondary N) is 3. The summed E-state index contributed by atoms with van der Waals surface area (Å²) in [6.07, 6.45) is 0.561. The summed E-state index contributed by atoms with van der Waals surface area (Å²) in [6, 6.07) is 6.61. The first-order valence-corrected chi connectivity index (χ1v) is 6.57. The Morgan fingerprint density at radius 2 is 1.43 bits per heavy atom. The Kier molecular flexibility index (Phi) is 6.73. The summed E-state index contributed by atoms with van der Waals surface area (Å²) in [5, 5.41) is 16.5. The fourth-order valence-electron chi connectivity index (χ4n) is 1.56. The fraction of sp³-hybridized carbons (Fsp3) is 0.357. The van der Waals surface area contributed by atoms with Crippen LogP contribution < -0.4 is 16.0 Å². The van der Waals surface area contributed by atoms with Crippen LogP contribution in [0.25, 0.3) is 0 Å². The zero-order valence-corrected chi connectivity index (χ0v) is 11.8. The molecule has 0 unspecified atom stereocenters. The summed E-state index contributed by atoms with van der Waals surface area (Å²) in [5.41, 5.74) is 0.944. The van der Waals surface area contributed by atoms with Gasteiger partial charge in [0.15, 0.2) is 0 Å². The molecular weight excluding hydrogens is 274 g/mol. The van der Waals surface area contributed by atoms with Crippen LogP contribution in [0, 0.1) is 0 Å². The Morgan fingerprint density at radius 3 is 2.00 bits per heavy atom. The lowest BCUT2D eigenvalue weighted by atomic mass is 10.1. The van der Waals surface area contributed by atoms with Crippen LogP contribution in [0.3, 0.4) is 0 Å². The van der Waals surface area contributed by atoms with E-state index >= 15 is 0 Å². The smallest absolute Gasteiger partial charge is 0.309 e. The van der Waals surface area contributed by atoms with E-state index in [0.717, 1.165) is 5.56 Å². The van der Waals surface area contributed by atoms with Crippen molar-refractivity contribution < 1.29 is 19.5 Å². The molecule has 0 fully saturated rings. The lowest BCUT2D eigenvalue weighted by Gasteiger charge is -2.07. The first-order valence-electron chi connectivity index (χ1n) is 6.57. The number of hydrogen-bond donors (Lipinski definition) is 4. The topological polar surface area (TPSA) is 108 Å². The SMILES string of the molecule is CC(=O)NCCNC(=O)C(=O)NCCc1ccc(O)cc1. The molecule has 0 bridgehead atoms. The zero-order valence-electron chi connectivity index (χ0n) is 11.8. The number of amides is 3. The van der Waals surface area contributed by atoms with Crippen LogP contribution in [-0.2, 0) is 20.8 Å². The van der Waals surface area contributed by atoms with E-state index in [2.05, 4.69) is 16.0 Å². The molecule has 0 aromatic heterocycles. The van der Waals surface area contributed by atoms with Crippen molar-refractivity contribution in [1.82, 2.24) is 16.0 Å². The van der Waals surface area contributed by atoms with Crippen molar-refractivity contribution in [3.63, 3.8) is 0 Å². The van der Waals surface area contributed by atoms with Gasteiger partial charge in [-0.1, -0.05) is 12.1 Å². The minimum atomic E-state index is -0.731. The average molecular weight is 293 g/mol. The summed E-state index contributed by atoms with van der Waals surface area (Å²) in [5.74, 6) is -1.45. The molecule has 0 heterocycles. The van der Waals surface area contributed by atoms with Gasteiger partial charge in [-0.25, -0.2) is 0 Å². The quantitative estimate of drug-likeness (QED) is 0.411. The molecule has 0 spiro atoms. The molecule has 0 aliphatic rings. The molecule has 1 aromatic carbocycles. The maximum absolute atomic E-state index is 11.5. The van der Waals surface area contributed by atoms with E-state index < -0.39 is 11.8 Å². The third kappa shape index (κ3) is 6.95. The van der Waals surface area contributed by atoms with Gasteiger partial charge in [0.1, 0.15) is 5.75 Å². The van der Waals surface area contributed by atoms with Gasteiger partial charge in [0, 0.05) is 26.6 Å². The van der Waals surface area contributed by atoms with Crippen molar-refractivity contribution >= 4 is 17.7 Å². The van der Waals surface area contributed by atoms with Crippen molar-refractivity contribution in [2.45, 2.75) is 13.3 Å². The Bertz CT molecular complexity index is 499. The zero-order chi connectivity index (χ0) is 15.7. The van der Waals surface area contributed by atoms with Gasteiger partial charge in [0.25, 0.3) is 0 Å². The number of aromatic hydroxyl groups is 1. The standard InChI is InChI=1S/C14H19N3O4/c1-10(18)15-8-9-17-14(21)13(20)16-7-6-11-2-4-12(19)5-3-11/h2-5,19H,6-9H2,1H3,(H,15,18)(H,16,20)(H,17,21). The third-order valence-electron chi connectivity index (χ3n) is 2.63. The molecule has 4 N–H and O–H groups in total. The van der Waals surface area contributed by atoms with Crippen LogP contribution in [0.2, 0.25) is 0 Å². The predicted octanol–water partition coefficient (Wildman–Crippen LogP) is -0.697. The maximum atomic E-state index is 11.5. The second-order valence-corrected chi connectivity index (χ2v) is 4.41. The van der Waals surface area contributed by atoms with Gasteiger partial charge in [-0.2, -0.15) is 0 Å². The van der Waals surface area contributed by atoms with Gasteiger partial charge in [-0.3, -0.25) is 14.4 Å². The normalized spacial score (nSPS) is 9.76. The molecule has 0 aliphatic heterocycles. The fourth-order valence-corrected chi connectivity index (χ4v) is 1.56. The molecular formula is C14H19N3O4.